The van der Waals surface area contributed by atoms with Crippen LogP contribution in [-0.2, 0) is 4.79 Å². The van der Waals surface area contributed by atoms with E-state index in [1.54, 1.807) is 12.1 Å². The second-order valence-electron chi connectivity index (χ2n) is 5.60. The van der Waals surface area contributed by atoms with Gasteiger partial charge in [-0.15, -0.1) is 0 Å². The van der Waals surface area contributed by atoms with Crippen LogP contribution in [0.15, 0.2) is 24.3 Å². The SMILES string of the molecule is C[C@H]1C[C@@H]1C(=O)Nc1ccccc1C(=O)NC1CC1. The molecule has 1 aromatic carbocycles. The van der Waals surface area contributed by atoms with E-state index in [1.807, 2.05) is 12.1 Å². The van der Waals surface area contributed by atoms with Gasteiger partial charge < -0.3 is 10.6 Å². The number of hydrogen-bond acceptors (Lipinski definition) is 2. The van der Waals surface area contributed by atoms with E-state index in [1.165, 1.54) is 0 Å². The maximum absolute atomic E-state index is 12.1. The number of benzene rings is 1. The van der Waals surface area contributed by atoms with E-state index in [4.69, 9.17) is 0 Å². The number of amides is 2. The van der Waals surface area contributed by atoms with Crippen LogP contribution in [0.2, 0.25) is 0 Å². The first-order chi connectivity index (χ1) is 9.15. The van der Waals surface area contributed by atoms with Crippen LogP contribution >= 0.6 is 0 Å². The Kier molecular flexibility index (Phi) is 3.01. The number of para-hydroxylation sites is 1. The summed E-state index contributed by atoms with van der Waals surface area (Å²) in [5, 5.41) is 5.82. The molecule has 0 heterocycles. The Labute approximate surface area is 112 Å². The molecular weight excluding hydrogens is 240 g/mol. The van der Waals surface area contributed by atoms with Crippen LogP contribution in [0.25, 0.3) is 0 Å². The summed E-state index contributed by atoms with van der Waals surface area (Å²) in [5.74, 6) is 0.508. The van der Waals surface area contributed by atoms with Gasteiger partial charge in [-0.25, -0.2) is 0 Å². The van der Waals surface area contributed by atoms with Gasteiger partial charge in [0.25, 0.3) is 5.91 Å². The van der Waals surface area contributed by atoms with Gasteiger partial charge in [-0.2, -0.15) is 0 Å². The van der Waals surface area contributed by atoms with Gasteiger partial charge in [0.1, 0.15) is 0 Å². The van der Waals surface area contributed by atoms with Crippen molar-refractivity contribution in [3.8, 4) is 0 Å². The summed E-state index contributed by atoms with van der Waals surface area (Å²) < 4.78 is 0. The van der Waals surface area contributed by atoms with Gasteiger partial charge in [0.15, 0.2) is 0 Å². The first-order valence-corrected chi connectivity index (χ1v) is 6.86. The minimum absolute atomic E-state index is 0.0270. The maximum atomic E-state index is 12.1. The van der Waals surface area contributed by atoms with E-state index in [0.29, 0.717) is 23.2 Å². The highest BCUT2D eigenvalue weighted by molar-refractivity contribution is 6.04. The van der Waals surface area contributed by atoms with Gasteiger partial charge in [-0.3, -0.25) is 9.59 Å². The van der Waals surface area contributed by atoms with Crippen LogP contribution in [-0.4, -0.2) is 17.9 Å². The lowest BCUT2D eigenvalue weighted by atomic mass is 10.1. The highest BCUT2D eigenvalue weighted by Crippen LogP contribution is 2.38. The van der Waals surface area contributed by atoms with Crippen LogP contribution in [0.3, 0.4) is 0 Å². The number of carbonyl (C=O) groups excluding carboxylic acids is 2. The van der Waals surface area contributed by atoms with Gasteiger partial charge in [0, 0.05) is 12.0 Å². The third-order valence-corrected chi connectivity index (χ3v) is 3.79. The van der Waals surface area contributed by atoms with E-state index in [2.05, 4.69) is 17.6 Å². The number of rotatable bonds is 4. The number of hydrogen-bond donors (Lipinski definition) is 2. The molecule has 2 saturated carbocycles. The lowest BCUT2D eigenvalue weighted by Gasteiger charge is -2.10. The molecule has 2 N–H and O–H groups in total. The normalized spacial score (nSPS) is 24.7. The van der Waals surface area contributed by atoms with Gasteiger partial charge in [0.2, 0.25) is 5.91 Å². The van der Waals surface area contributed by atoms with Crippen LogP contribution in [0.4, 0.5) is 5.69 Å². The molecule has 2 aliphatic rings. The fourth-order valence-corrected chi connectivity index (χ4v) is 2.19. The zero-order chi connectivity index (χ0) is 13.4. The highest BCUT2D eigenvalue weighted by Gasteiger charge is 2.39. The van der Waals surface area contributed by atoms with Crippen molar-refractivity contribution in [2.75, 3.05) is 5.32 Å². The summed E-state index contributed by atoms with van der Waals surface area (Å²) in [6.45, 7) is 2.07. The van der Waals surface area contributed by atoms with Crippen molar-refractivity contribution >= 4 is 17.5 Å². The summed E-state index contributed by atoms with van der Waals surface area (Å²) in [6, 6.07) is 7.51. The Morgan fingerprint density at radius 3 is 2.53 bits per heavy atom. The van der Waals surface area contributed by atoms with Crippen LogP contribution in [0.1, 0.15) is 36.5 Å². The fraction of sp³-hybridized carbons (Fsp3) is 0.467. The monoisotopic (exact) mass is 258 g/mol. The molecule has 0 bridgehead atoms. The predicted molar refractivity (Wildman–Crippen MR) is 72.8 cm³/mol. The van der Waals surface area contributed by atoms with Crippen LogP contribution < -0.4 is 10.6 Å². The van der Waals surface area contributed by atoms with Crippen molar-refractivity contribution in [3.63, 3.8) is 0 Å². The minimum Gasteiger partial charge on any atom is -0.349 e. The van der Waals surface area contributed by atoms with E-state index in [9.17, 15) is 9.59 Å². The zero-order valence-electron chi connectivity index (χ0n) is 11.0. The Hall–Kier alpha value is -1.84. The van der Waals surface area contributed by atoms with E-state index in [-0.39, 0.29) is 17.7 Å². The van der Waals surface area contributed by atoms with Gasteiger partial charge in [0.05, 0.1) is 11.3 Å². The smallest absolute Gasteiger partial charge is 0.253 e. The maximum Gasteiger partial charge on any atom is 0.253 e. The molecule has 0 radical (unpaired) electrons. The second kappa shape index (κ2) is 4.68. The molecule has 100 valence electrons. The molecular formula is C15H18N2O2. The number of carbonyl (C=O) groups is 2. The third kappa shape index (κ3) is 2.78. The topological polar surface area (TPSA) is 58.2 Å². The average Bonchev–Trinajstić information content (AvgIpc) is 3.28. The largest absolute Gasteiger partial charge is 0.349 e. The molecule has 0 spiro atoms. The van der Waals surface area contributed by atoms with E-state index in [0.717, 1.165) is 19.3 Å². The summed E-state index contributed by atoms with van der Waals surface area (Å²) >= 11 is 0. The first-order valence-electron chi connectivity index (χ1n) is 6.86. The molecule has 0 aromatic heterocycles. The fourth-order valence-electron chi connectivity index (χ4n) is 2.19. The van der Waals surface area contributed by atoms with Gasteiger partial charge in [-0.05, 0) is 37.3 Å². The van der Waals surface area contributed by atoms with Crippen molar-refractivity contribution in [3.05, 3.63) is 29.8 Å². The molecule has 0 aliphatic heterocycles. The molecule has 4 nitrogen and oxygen atoms in total. The quantitative estimate of drug-likeness (QED) is 0.869. The van der Waals surface area contributed by atoms with E-state index < -0.39 is 0 Å². The lowest BCUT2D eigenvalue weighted by molar-refractivity contribution is -0.117. The van der Waals surface area contributed by atoms with E-state index >= 15 is 0 Å². The Morgan fingerprint density at radius 2 is 1.89 bits per heavy atom. The van der Waals surface area contributed by atoms with Crippen LogP contribution in [0, 0.1) is 11.8 Å². The van der Waals surface area contributed by atoms with Crippen molar-refractivity contribution in [2.24, 2.45) is 11.8 Å². The molecule has 19 heavy (non-hydrogen) atoms. The van der Waals surface area contributed by atoms with Gasteiger partial charge >= 0.3 is 0 Å². The zero-order valence-corrected chi connectivity index (χ0v) is 11.0. The second-order valence-corrected chi connectivity index (χ2v) is 5.60. The number of anilines is 1. The standard InChI is InChI=1S/C15H18N2O2/c1-9-8-12(9)15(19)17-13-5-3-2-4-11(13)14(18)16-10-6-7-10/h2-5,9-10,12H,6-8H2,1H3,(H,16,18)(H,17,19)/t9-,12-/m0/s1. The molecule has 3 rings (SSSR count). The first kappa shape index (κ1) is 12.2. The summed E-state index contributed by atoms with van der Waals surface area (Å²) in [7, 11) is 0. The molecule has 2 aliphatic carbocycles. The molecule has 0 unspecified atom stereocenters. The van der Waals surface area contributed by atoms with Crippen molar-refractivity contribution in [1.29, 1.82) is 0 Å². The summed E-state index contributed by atoms with van der Waals surface area (Å²) in [5.41, 5.74) is 1.17. The molecule has 0 saturated heterocycles. The van der Waals surface area contributed by atoms with Crippen molar-refractivity contribution < 1.29 is 9.59 Å². The molecule has 4 heteroatoms. The van der Waals surface area contributed by atoms with Crippen molar-refractivity contribution in [2.45, 2.75) is 32.2 Å². The predicted octanol–water partition coefficient (Wildman–Crippen LogP) is 2.17. The third-order valence-electron chi connectivity index (χ3n) is 3.79. The minimum atomic E-state index is -0.0951. The van der Waals surface area contributed by atoms with Gasteiger partial charge in [-0.1, -0.05) is 19.1 Å². The number of nitrogens with one attached hydrogen (secondary N) is 2. The summed E-state index contributed by atoms with van der Waals surface area (Å²) in [6.07, 6.45) is 3.06. The molecule has 2 amide bonds. The Balaban J connectivity index is 1.72. The summed E-state index contributed by atoms with van der Waals surface area (Å²) in [4.78, 5) is 24.0. The highest BCUT2D eigenvalue weighted by atomic mass is 16.2. The van der Waals surface area contributed by atoms with Crippen molar-refractivity contribution in [1.82, 2.24) is 5.32 Å². The Bertz CT molecular complexity index is 523. The molecule has 2 atom stereocenters. The molecule has 1 aromatic rings. The Morgan fingerprint density at radius 1 is 1.21 bits per heavy atom. The molecule has 2 fully saturated rings. The average molecular weight is 258 g/mol. The lowest BCUT2D eigenvalue weighted by Crippen LogP contribution is -2.27. The van der Waals surface area contributed by atoms with Crippen LogP contribution in [0.5, 0.6) is 0 Å².